The Balaban J connectivity index is 2.91. The van der Waals surface area contributed by atoms with Crippen LogP contribution in [0, 0.1) is 41.4 Å². The zero-order valence-electron chi connectivity index (χ0n) is 10.4. The minimum atomic E-state index is -2.24. The second kappa shape index (κ2) is 6.68. The largest absolute Gasteiger partial charge is 0.390 e. The van der Waals surface area contributed by atoms with Gasteiger partial charge in [-0.2, -0.15) is 0 Å². The zero-order valence-corrected chi connectivity index (χ0v) is 10.4. The molecule has 1 aromatic carbocycles. The Kier molecular flexibility index (Phi) is 5.48. The number of halogens is 5. The summed E-state index contributed by atoms with van der Waals surface area (Å²) in [6.07, 6.45) is 2.10. The predicted molar refractivity (Wildman–Crippen MR) is 60.2 cm³/mol. The number of hydrogen-bond acceptors (Lipinski definition) is 2. The number of rotatable bonds is 5. The summed E-state index contributed by atoms with van der Waals surface area (Å²) in [5, 5.41) is 9.48. The third kappa shape index (κ3) is 3.46. The minimum Gasteiger partial charge on any atom is -0.390 e. The summed E-state index contributed by atoms with van der Waals surface area (Å²) in [7, 11) is 0. The molecule has 2 unspecified atom stereocenters. The predicted octanol–water partition coefficient (Wildman–Crippen LogP) is 2.32. The van der Waals surface area contributed by atoms with E-state index in [-0.39, 0.29) is 0 Å². The van der Waals surface area contributed by atoms with Crippen LogP contribution in [-0.2, 0) is 11.2 Å². The van der Waals surface area contributed by atoms with E-state index < -0.39 is 59.9 Å². The van der Waals surface area contributed by atoms with Gasteiger partial charge in [0, 0.05) is 12.0 Å². The Hall–Kier alpha value is -1.65. The molecule has 2 atom stereocenters. The van der Waals surface area contributed by atoms with Crippen molar-refractivity contribution in [2.24, 2.45) is 0 Å². The van der Waals surface area contributed by atoms with Gasteiger partial charge < -0.3 is 9.84 Å². The van der Waals surface area contributed by atoms with Crippen molar-refractivity contribution in [1.82, 2.24) is 0 Å². The molecule has 0 aliphatic rings. The molecule has 7 heteroatoms. The molecule has 0 aromatic heterocycles. The van der Waals surface area contributed by atoms with Crippen LogP contribution in [0.3, 0.4) is 0 Å². The first-order valence-corrected chi connectivity index (χ1v) is 5.55. The smallest absolute Gasteiger partial charge is 0.200 e. The molecular weight excluding hydrogens is 283 g/mol. The summed E-state index contributed by atoms with van der Waals surface area (Å²) in [5.41, 5.74) is -1.09. The van der Waals surface area contributed by atoms with Crippen LogP contribution in [0.15, 0.2) is 0 Å². The van der Waals surface area contributed by atoms with E-state index >= 15 is 0 Å². The molecule has 1 aromatic rings. The molecule has 20 heavy (non-hydrogen) atoms. The van der Waals surface area contributed by atoms with E-state index in [1.165, 1.54) is 6.92 Å². The highest BCUT2D eigenvalue weighted by Gasteiger charge is 2.26. The van der Waals surface area contributed by atoms with Gasteiger partial charge in [-0.1, -0.05) is 5.92 Å². The normalized spacial score (nSPS) is 13.9. The van der Waals surface area contributed by atoms with Crippen molar-refractivity contribution >= 4 is 0 Å². The highest BCUT2D eigenvalue weighted by atomic mass is 19.2. The zero-order chi connectivity index (χ0) is 15.4. The van der Waals surface area contributed by atoms with Gasteiger partial charge >= 0.3 is 0 Å². The molecule has 1 rings (SSSR count). The fourth-order valence-corrected chi connectivity index (χ4v) is 1.43. The SMILES string of the molecule is C#CC(C)OCC(O)Cc1c(F)c(F)c(F)c(F)c1F. The maximum atomic E-state index is 13.3. The summed E-state index contributed by atoms with van der Waals surface area (Å²) in [4.78, 5) is 0. The molecule has 0 heterocycles. The van der Waals surface area contributed by atoms with Crippen molar-refractivity contribution in [3.63, 3.8) is 0 Å². The van der Waals surface area contributed by atoms with E-state index in [2.05, 4.69) is 5.92 Å². The Morgan fingerprint density at radius 1 is 1.05 bits per heavy atom. The molecule has 110 valence electrons. The van der Waals surface area contributed by atoms with Gasteiger partial charge in [-0.05, 0) is 6.92 Å². The molecule has 0 spiro atoms. The van der Waals surface area contributed by atoms with Crippen LogP contribution < -0.4 is 0 Å². The number of terminal acetylenes is 1. The van der Waals surface area contributed by atoms with Crippen LogP contribution in [0.25, 0.3) is 0 Å². The molecule has 0 saturated heterocycles. The molecule has 0 saturated carbocycles. The second-order valence-corrected chi connectivity index (χ2v) is 4.05. The lowest BCUT2D eigenvalue weighted by molar-refractivity contribution is 0.0193. The second-order valence-electron chi connectivity index (χ2n) is 4.05. The standard InChI is InChI=1S/C13H11F5O2/c1-3-6(2)20-5-7(19)4-8-9(14)11(16)13(18)12(17)10(8)15/h1,6-7,19H,4-5H2,2H3. The van der Waals surface area contributed by atoms with E-state index in [0.29, 0.717) is 0 Å². The van der Waals surface area contributed by atoms with Gasteiger partial charge in [0.25, 0.3) is 0 Å². The van der Waals surface area contributed by atoms with E-state index in [0.717, 1.165) is 0 Å². The maximum absolute atomic E-state index is 13.3. The third-order valence-corrected chi connectivity index (χ3v) is 2.51. The highest BCUT2D eigenvalue weighted by molar-refractivity contribution is 5.24. The number of hydrogen-bond donors (Lipinski definition) is 1. The fraction of sp³-hybridized carbons (Fsp3) is 0.385. The summed E-state index contributed by atoms with van der Waals surface area (Å²) in [6, 6.07) is 0. The van der Waals surface area contributed by atoms with Gasteiger partial charge in [0.2, 0.25) is 5.82 Å². The summed E-state index contributed by atoms with van der Waals surface area (Å²) >= 11 is 0. The van der Waals surface area contributed by atoms with Crippen molar-refractivity contribution in [1.29, 1.82) is 0 Å². The summed E-state index contributed by atoms with van der Waals surface area (Å²) in [5.74, 6) is -8.10. The van der Waals surface area contributed by atoms with E-state index in [1.54, 1.807) is 0 Å². The summed E-state index contributed by atoms with van der Waals surface area (Å²) < 4.78 is 70.2. The molecule has 0 fully saturated rings. The van der Waals surface area contributed by atoms with E-state index in [1.807, 2.05) is 0 Å². The first kappa shape index (κ1) is 16.4. The Morgan fingerprint density at radius 3 is 1.95 bits per heavy atom. The van der Waals surface area contributed by atoms with Crippen molar-refractivity contribution in [3.05, 3.63) is 34.6 Å². The van der Waals surface area contributed by atoms with Crippen molar-refractivity contribution in [2.45, 2.75) is 25.6 Å². The first-order chi connectivity index (χ1) is 9.29. The molecule has 0 aliphatic heterocycles. The molecular formula is C13H11F5O2. The van der Waals surface area contributed by atoms with Gasteiger partial charge in [-0.25, -0.2) is 22.0 Å². The number of aliphatic hydroxyl groups excluding tert-OH is 1. The van der Waals surface area contributed by atoms with Gasteiger partial charge in [-0.3, -0.25) is 0 Å². The molecule has 0 bridgehead atoms. The van der Waals surface area contributed by atoms with Crippen molar-refractivity contribution in [2.75, 3.05) is 6.61 Å². The molecule has 0 aliphatic carbocycles. The number of ether oxygens (including phenoxy) is 1. The Morgan fingerprint density at radius 2 is 1.50 bits per heavy atom. The van der Waals surface area contributed by atoms with Crippen LogP contribution in [0.4, 0.5) is 22.0 Å². The molecule has 0 radical (unpaired) electrons. The molecule has 2 nitrogen and oxygen atoms in total. The van der Waals surface area contributed by atoms with Crippen LogP contribution in [0.1, 0.15) is 12.5 Å². The average Bonchev–Trinajstić information content (AvgIpc) is 2.44. The Bertz CT molecular complexity index is 510. The van der Waals surface area contributed by atoms with E-state index in [4.69, 9.17) is 11.2 Å². The molecule has 1 N–H and O–H groups in total. The van der Waals surface area contributed by atoms with Crippen LogP contribution in [0.2, 0.25) is 0 Å². The monoisotopic (exact) mass is 294 g/mol. The summed E-state index contributed by atoms with van der Waals surface area (Å²) in [6.45, 7) is 1.09. The van der Waals surface area contributed by atoms with Gasteiger partial charge in [0.15, 0.2) is 23.3 Å². The molecule has 0 amide bonds. The number of benzene rings is 1. The van der Waals surface area contributed by atoms with Crippen molar-refractivity contribution < 1.29 is 31.8 Å². The van der Waals surface area contributed by atoms with Crippen LogP contribution in [-0.4, -0.2) is 23.9 Å². The lowest BCUT2D eigenvalue weighted by Crippen LogP contribution is -2.23. The van der Waals surface area contributed by atoms with Crippen molar-refractivity contribution in [3.8, 4) is 12.3 Å². The highest BCUT2D eigenvalue weighted by Crippen LogP contribution is 2.24. The fourth-order valence-electron chi connectivity index (χ4n) is 1.43. The number of aliphatic hydroxyl groups is 1. The third-order valence-electron chi connectivity index (χ3n) is 2.51. The quantitative estimate of drug-likeness (QED) is 0.391. The van der Waals surface area contributed by atoms with Gasteiger partial charge in [0.1, 0.15) is 6.10 Å². The lowest BCUT2D eigenvalue weighted by atomic mass is 10.1. The maximum Gasteiger partial charge on any atom is 0.200 e. The lowest BCUT2D eigenvalue weighted by Gasteiger charge is -2.14. The Labute approximate surface area is 112 Å². The average molecular weight is 294 g/mol. The minimum absolute atomic E-state index is 0.398. The van der Waals surface area contributed by atoms with Gasteiger partial charge in [-0.15, -0.1) is 6.42 Å². The van der Waals surface area contributed by atoms with Crippen LogP contribution in [0.5, 0.6) is 0 Å². The van der Waals surface area contributed by atoms with Gasteiger partial charge in [0.05, 0.1) is 12.7 Å². The topological polar surface area (TPSA) is 29.5 Å². The van der Waals surface area contributed by atoms with Crippen LogP contribution >= 0.6 is 0 Å². The van der Waals surface area contributed by atoms with E-state index in [9.17, 15) is 27.1 Å². The first-order valence-electron chi connectivity index (χ1n) is 5.55.